The molecule has 0 aliphatic rings. The zero-order chi connectivity index (χ0) is 14.8. The monoisotopic (exact) mass is 318 g/mol. The van der Waals surface area contributed by atoms with Gasteiger partial charge in [0.25, 0.3) is 0 Å². The molecule has 7 heteroatoms. The van der Waals surface area contributed by atoms with Gasteiger partial charge in [-0.1, -0.05) is 23.7 Å². The lowest BCUT2D eigenvalue weighted by Crippen LogP contribution is -2.27. The van der Waals surface area contributed by atoms with Crippen LogP contribution >= 0.6 is 23.8 Å². The van der Waals surface area contributed by atoms with Crippen LogP contribution in [0.3, 0.4) is 0 Å². The first-order chi connectivity index (χ1) is 10.1. The van der Waals surface area contributed by atoms with Crippen molar-refractivity contribution in [2.45, 2.75) is 0 Å². The zero-order valence-corrected chi connectivity index (χ0v) is 12.3. The fourth-order valence-electron chi connectivity index (χ4n) is 1.96. The van der Waals surface area contributed by atoms with Crippen molar-refractivity contribution < 1.29 is 4.79 Å². The van der Waals surface area contributed by atoms with Crippen molar-refractivity contribution >= 4 is 46.6 Å². The van der Waals surface area contributed by atoms with Gasteiger partial charge in [-0.05, 0) is 48.6 Å². The smallest absolute Gasteiger partial charge is 0.329 e. The molecule has 0 saturated carbocycles. The normalized spacial score (nSPS) is 10.5. The standard InChI is InChI=1S/C14H11ClN4OS/c15-9-5-7-10(8-6-9)16-13(20)18-19-12-4-2-1-3-11(12)17-14(19)21/h1-8H,(H,17,21)(H2,16,18,20). The summed E-state index contributed by atoms with van der Waals surface area (Å²) in [5.74, 6) is 0. The Hall–Kier alpha value is -2.31. The highest BCUT2D eigenvalue weighted by molar-refractivity contribution is 7.71. The molecule has 0 atom stereocenters. The maximum atomic E-state index is 12.0. The second-order valence-electron chi connectivity index (χ2n) is 4.36. The van der Waals surface area contributed by atoms with Crippen LogP contribution in [0.1, 0.15) is 0 Å². The van der Waals surface area contributed by atoms with E-state index in [1.54, 1.807) is 24.3 Å². The molecule has 1 aromatic heterocycles. The van der Waals surface area contributed by atoms with E-state index in [4.69, 9.17) is 23.8 Å². The zero-order valence-electron chi connectivity index (χ0n) is 10.8. The number of urea groups is 1. The van der Waals surface area contributed by atoms with Gasteiger partial charge in [-0.15, -0.1) is 0 Å². The minimum Gasteiger partial charge on any atom is -0.329 e. The Morgan fingerprint density at radius 1 is 1.14 bits per heavy atom. The number of nitrogens with one attached hydrogen (secondary N) is 3. The first-order valence-electron chi connectivity index (χ1n) is 6.17. The molecule has 0 aliphatic carbocycles. The van der Waals surface area contributed by atoms with Gasteiger partial charge in [-0.2, -0.15) is 0 Å². The molecule has 0 radical (unpaired) electrons. The third-order valence-electron chi connectivity index (χ3n) is 2.91. The summed E-state index contributed by atoms with van der Waals surface area (Å²) in [6.07, 6.45) is 0. The number of aromatic amines is 1. The highest BCUT2D eigenvalue weighted by Gasteiger charge is 2.07. The average Bonchev–Trinajstić information content (AvgIpc) is 2.78. The van der Waals surface area contributed by atoms with E-state index in [1.165, 1.54) is 4.68 Å². The summed E-state index contributed by atoms with van der Waals surface area (Å²) >= 11 is 11.0. The Kier molecular flexibility index (Phi) is 3.64. The number of benzene rings is 2. The number of imidazole rings is 1. The number of amides is 2. The third kappa shape index (κ3) is 2.91. The molecule has 3 N–H and O–H groups in total. The van der Waals surface area contributed by atoms with Crippen LogP contribution in [0.15, 0.2) is 48.5 Å². The minimum absolute atomic E-state index is 0.391. The Morgan fingerprint density at radius 3 is 2.62 bits per heavy atom. The van der Waals surface area contributed by atoms with E-state index in [0.717, 1.165) is 11.0 Å². The molecule has 2 aromatic carbocycles. The molecule has 1 heterocycles. The number of anilines is 1. The third-order valence-corrected chi connectivity index (χ3v) is 3.44. The first-order valence-corrected chi connectivity index (χ1v) is 6.95. The van der Waals surface area contributed by atoms with Crippen LogP contribution in [0.2, 0.25) is 5.02 Å². The summed E-state index contributed by atoms with van der Waals surface area (Å²) in [5.41, 5.74) is 4.99. The summed E-state index contributed by atoms with van der Waals surface area (Å²) in [6, 6.07) is 14.0. The minimum atomic E-state index is -0.391. The maximum absolute atomic E-state index is 12.0. The van der Waals surface area contributed by atoms with E-state index in [-0.39, 0.29) is 0 Å². The molecule has 2 amide bonds. The van der Waals surface area contributed by atoms with Gasteiger partial charge in [-0.3, -0.25) is 0 Å². The van der Waals surface area contributed by atoms with Crippen LogP contribution in [0.25, 0.3) is 11.0 Å². The van der Waals surface area contributed by atoms with E-state index < -0.39 is 6.03 Å². The number of carbonyl (C=O) groups is 1. The number of hydrogen-bond donors (Lipinski definition) is 3. The van der Waals surface area contributed by atoms with Crippen molar-refractivity contribution in [3.63, 3.8) is 0 Å². The molecular formula is C14H11ClN4OS. The number of hydrogen-bond acceptors (Lipinski definition) is 2. The molecule has 106 valence electrons. The molecule has 0 unspecified atom stereocenters. The Morgan fingerprint density at radius 2 is 1.86 bits per heavy atom. The van der Waals surface area contributed by atoms with Gasteiger partial charge in [0.05, 0.1) is 11.0 Å². The molecule has 0 aliphatic heterocycles. The number of halogens is 1. The van der Waals surface area contributed by atoms with Gasteiger partial charge < -0.3 is 10.3 Å². The van der Waals surface area contributed by atoms with Crippen LogP contribution in [0.4, 0.5) is 10.5 Å². The first kappa shape index (κ1) is 13.7. The summed E-state index contributed by atoms with van der Waals surface area (Å²) < 4.78 is 1.94. The largest absolute Gasteiger partial charge is 0.338 e. The molecule has 0 fully saturated rings. The molecule has 0 spiro atoms. The Bertz CT molecular complexity index is 853. The van der Waals surface area contributed by atoms with Crippen molar-refractivity contribution in [2.75, 3.05) is 10.7 Å². The van der Waals surface area contributed by atoms with Crippen molar-refractivity contribution in [1.82, 2.24) is 9.66 Å². The van der Waals surface area contributed by atoms with Crippen molar-refractivity contribution in [3.8, 4) is 0 Å². The SMILES string of the molecule is O=C(Nc1ccc(Cl)cc1)Nn1c(=S)[nH]c2ccccc21. The molecule has 0 bridgehead atoms. The number of para-hydroxylation sites is 2. The quantitative estimate of drug-likeness (QED) is 0.622. The fraction of sp³-hybridized carbons (Fsp3) is 0. The number of aromatic nitrogens is 2. The van der Waals surface area contributed by atoms with E-state index >= 15 is 0 Å². The van der Waals surface area contributed by atoms with Crippen LogP contribution < -0.4 is 10.7 Å². The molecule has 0 saturated heterocycles. The van der Waals surface area contributed by atoms with E-state index in [1.807, 2.05) is 24.3 Å². The van der Waals surface area contributed by atoms with Crippen molar-refractivity contribution in [2.24, 2.45) is 0 Å². The highest BCUT2D eigenvalue weighted by atomic mass is 35.5. The molecule has 21 heavy (non-hydrogen) atoms. The Labute approximate surface area is 130 Å². The molecule has 5 nitrogen and oxygen atoms in total. The summed E-state index contributed by atoms with van der Waals surface area (Å²) in [4.78, 5) is 15.0. The van der Waals surface area contributed by atoms with Crippen LogP contribution in [0, 0.1) is 4.77 Å². The number of carbonyl (C=O) groups excluding carboxylic acids is 1. The summed E-state index contributed by atoms with van der Waals surface area (Å²) in [5, 5.41) is 3.32. The van der Waals surface area contributed by atoms with Crippen molar-refractivity contribution in [1.29, 1.82) is 0 Å². The maximum Gasteiger partial charge on any atom is 0.338 e. The van der Waals surface area contributed by atoms with Gasteiger partial charge in [0.15, 0.2) is 4.77 Å². The van der Waals surface area contributed by atoms with Crippen LogP contribution in [0.5, 0.6) is 0 Å². The lowest BCUT2D eigenvalue weighted by atomic mass is 10.3. The Balaban J connectivity index is 1.82. The predicted octanol–water partition coefficient (Wildman–Crippen LogP) is 4.13. The van der Waals surface area contributed by atoms with Crippen LogP contribution in [-0.2, 0) is 0 Å². The predicted molar refractivity (Wildman–Crippen MR) is 87.0 cm³/mol. The number of fused-ring (bicyclic) bond motifs is 1. The number of rotatable bonds is 2. The lowest BCUT2D eigenvalue weighted by Gasteiger charge is -2.09. The molecule has 3 aromatic rings. The molecular weight excluding hydrogens is 308 g/mol. The second-order valence-corrected chi connectivity index (χ2v) is 5.18. The van der Waals surface area contributed by atoms with E-state index in [2.05, 4.69) is 15.7 Å². The van der Waals surface area contributed by atoms with Crippen LogP contribution in [-0.4, -0.2) is 15.7 Å². The topological polar surface area (TPSA) is 61.9 Å². The van der Waals surface area contributed by atoms with Gasteiger partial charge in [0.1, 0.15) is 0 Å². The van der Waals surface area contributed by atoms with Gasteiger partial charge >= 0.3 is 6.03 Å². The summed E-state index contributed by atoms with van der Waals surface area (Å²) in [7, 11) is 0. The van der Waals surface area contributed by atoms with Gasteiger partial charge in [0.2, 0.25) is 0 Å². The average molecular weight is 319 g/mol. The number of H-pyrrole nitrogens is 1. The van der Waals surface area contributed by atoms with Crippen molar-refractivity contribution in [3.05, 3.63) is 58.3 Å². The number of nitrogens with zero attached hydrogens (tertiary/aromatic N) is 1. The van der Waals surface area contributed by atoms with E-state index in [9.17, 15) is 4.79 Å². The fourth-order valence-corrected chi connectivity index (χ4v) is 2.34. The molecule has 3 rings (SSSR count). The van der Waals surface area contributed by atoms with Gasteiger partial charge in [-0.25, -0.2) is 14.9 Å². The van der Waals surface area contributed by atoms with E-state index in [0.29, 0.717) is 15.5 Å². The second kappa shape index (κ2) is 5.59. The summed E-state index contributed by atoms with van der Waals surface area (Å²) in [6.45, 7) is 0. The van der Waals surface area contributed by atoms with Gasteiger partial charge in [0, 0.05) is 10.7 Å². The lowest BCUT2D eigenvalue weighted by molar-refractivity contribution is 0.260. The highest BCUT2D eigenvalue weighted by Crippen LogP contribution is 2.14.